The molecule has 96 valence electrons. The van der Waals surface area contributed by atoms with Gasteiger partial charge in [0.15, 0.2) is 5.82 Å². The summed E-state index contributed by atoms with van der Waals surface area (Å²) in [4.78, 5) is 19.2. The zero-order valence-electron chi connectivity index (χ0n) is 10.6. The number of nitrogens with zero attached hydrogens (tertiary/aromatic N) is 2. The molecule has 5 heteroatoms. The lowest BCUT2D eigenvalue weighted by Gasteiger charge is -2.06. The molecule has 1 aromatic carbocycles. The molecule has 0 fully saturated rings. The number of amides is 1. The summed E-state index contributed by atoms with van der Waals surface area (Å²) in [6.45, 7) is 0.487. The van der Waals surface area contributed by atoms with Crippen molar-refractivity contribution in [3.63, 3.8) is 0 Å². The van der Waals surface area contributed by atoms with E-state index >= 15 is 0 Å². The normalized spacial score (nSPS) is 10.8. The number of aromatic nitrogens is 3. The molecule has 0 saturated carbocycles. The predicted molar refractivity (Wildman–Crippen MR) is 72.7 cm³/mol. The lowest BCUT2D eigenvalue weighted by atomic mass is 10.1. The van der Waals surface area contributed by atoms with Crippen molar-refractivity contribution in [1.29, 1.82) is 0 Å². The number of aromatic amines is 1. The average molecular weight is 254 g/mol. The third-order valence-corrected chi connectivity index (χ3v) is 3.15. The van der Waals surface area contributed by atoms with Crippen molar-refractivity contribution in [1.82, 2.24) is 19.9 Å². The van der Waals surface area contributed by atoms with Gasteiger partial charge in [0.1, 0.15) is 0 Å². The molecule has 3 aromatic rings. The maximum Gasteiger partial charge on any atom is 0.287 e. The fraction of sp³-hybridized carbons (Fsp3) is 0.143. The highest BCUT2D eigenvalue weighted by Gasteiger charge is 2.10. The molecule has 0 unspecified atom stereocenters. The largest absolute Gasteiger partial charge is 0.361 e. The van der Waals surface area contributed by atoms with Crippen LogP contribution in [0.1, 0.15) is 16.2 Å². The molecule has 0 atom stereocenters. The molecule has 0 saturated heterocycles. The van der Waals surface area contributed by atoms with E-state index in [1.807, 2.05) is 30.5 Å². The number of hydrogen-bond acceptors (Lipinski definition) is 2. The molecule has 3 rings (SSSR count). The first-order valence-corrected chi connectivity index (χ1v) is 6.06. The fourth-order valence-corrected chi connectivity index (χ4v) is 2.14. The summed E-state index contributed by atoms with van der Waals surface area (Å²) >= 11 is 0. The number of carbonyl (C=O) groups excluding carboxylic acids is 1. The first-order chi connectivity index (χ1) is 9.25. The zero-order chi connectivity index (χ0) is 13.2. The summed E-state index contributed by atoms with van der Waals surface area (Å²) in [6.07, 6.45) is 5.26. The van der Waals surface area contributed by atoms with E-state index in [0.29, 0.717) is 12.4 Å². The van der Waals surface area contributed by atoms with Crippen molar-refractivity contribution in [2.24, 2.45) is 7.05 Å². The van der Waals surface area contributed by atoms with Crippen LogP contribution in [-0.4, -0.2) is 20.4 Å². The number of hydrogen-bond donors (Lipinski definition) is 2. The second-order valence-electron chi connectivity index (χ2n) is 4.40. The van der Waals surface area contributed by atoms with Crippen LogP contribution in [0.5, 0.6) is 0 Å². The number of H-pyrrole nitrogens is 1. The van der Waals surface area contributed by atoms with Crippen LogP contribution in [-0.2, 0) is 13.6 Å². The van der Waals surface area contributed by atoms with Gasteiger partial charge in [0.2, 0.25) is 0 Å². The lowest BCUT2D eigenvalue weighted by Crippen LogP contribution is -2.25. The van der Waals surface area contributed by atoms with Gasteiger partial charge in [0.05, 0.1) is 0 Å². The van der Waals surface area contributed by atoms with Crippen LogP contribution in [0, 0.1) is 0 Å². The van der Waals surface area contributed by atoms with E-state index in [2.05, 4.69) is 15.3 Å². The highest BCUT2D eigenvalue weighted by molar-refractivity contribution is 5.91. The van der Waals surface area contributed by atoms with Gasteiger partial charge in [-0.25, -0.2) is 4.98 Å². The molecule has 0 spiro atoms. The van der Waals surface area contributed by atoms with Gasteiger partial charge in [-0.2, -0.15) is 0 Å². The van der Waals surface area contributed by atoms with Crippen LogP contribution in [0.15, 0.2) is 42.9 Å². The van der Waals surface area contributed by atoms with Crippen molar-refractivity contribution >= 4 is 16.8 Å². The molecule has 2 heterocycles. The number of rotatable bonds is 3. The molecule has 2 N–H and O–H groups in total. The quantitative estimate of drug-likeness (QED) is 0.749. The highest BCUT2D eigenvalue weighted by Crippen LogP contribution is 2.17. The fourth-order valence-electron chi connectivity index (χ4n) is 2.14. The number of fused-ring (bicyclic) bond motifs is 1. The van der Waals surface area contributed by atoms with Crippen LogP contribution in [0.4, 0.5) is 0 Å². The Bertz CT molecular complexity index is 726. The van der Waals surface area contributed by atoms with Gasteiger partial charge in [0, 0.05) is 43.1 Å². The van der Waals surface area contributed by atoms with Gasteiger partial charge in [0.25, 0.3) is 5.91 Å². The Balaban J connectivity index is 1.78. The van der Waals surface area contributed by atoms with E-state index in [4.69, 9.17) is 0 Å². The van der Waals surface area contributed by atoms with Crippen LogP contribution >= 0.6 is 0 Å². The lowest BCUT2D eigenvalue weighted by molar-refractivity contribution is 0.0937. The average Bonchev–Trinajstić information content (AvgIpc) is 3.04. The molecule has 0 radical (unpaired) electrons. The molecular formula is C14H14N4O. The van der Waals surface area contributed by atoms with Gasteiger partial charge in [-0.3, -0.25) is 4.79 Å². The predicted octanol–water partition coefficient (Wildman–Crippen LogP) is 1.83. The summed E-state index contributed by atoms with van der Waals surface area (Å²) in [5.41, 5.74) is 2.16. The Morgan fingerprint density at radius 2 is 2.32 bits per heavy atom. The second kappa shape index (κ2) is 4.61. The molecule has 5 nitrogen and oxygen atoms in total. The zero-order valence-corrected chi connectivity index (χ0v) is 10.6. The van der Waals surface area contributed by atoms with Crippen molar-refractivity contribution in [2.45, 2.75) is 6.54 Å². The van der Waals surface area contributed by atoms with Crippen molar-refractivity contribution in [2.75, 3.05) is 0 Å². The molecule has 2 aromatic heterocycles. The third kappa shape index (κ3) is 2.10. The Morgan fingerprint density at radius 1 is 1.42 bits per heavy atom. The molecule has 1 amide bonds. The summed E-state index contributed by atoms with van der Waals surface area (Å²) < 4.78 is 1.70. The summed E-state index contributed by atoms with van der Waals surface area (Å²) in [5, 5.41) is 4.02. The van der Waals surface area contributed by atoms with Crippen molar-refractivity contribution in [3.8, 4) is 0 Å². The maximum atomic E-state index is 12.0. The highest BCUT2D eigenvalue weighted by atomic mass is 16.2. The smallest absolute Gasteiger partial charge is 0.287 e. The number of aryl methyl sites for hydroxylation is 1. The third-order valence-electron chi connectivity index (χ3n) is 3.15. The van der Waals surface area contributed by atoms with Crippen LogP contribution in [0.2, 0.25) is 0 Å². The Morgan fingerprint density at radius 3 is 3.11 bits per heavy atom. The van der Waals surface area contributed by atoms with E-state index in [-0.39, 0.29) is 5.91 Å². The van der Waals surface area contributed by atoms with E-state index in [0.717, 1.165) is 16.5 Å². The Kier molecular flexibility index (Phi) is 2.79. The number of imidazole rings is 1. The van der Waals surface area contributed by atoms with Crippen LogP contribution in [0.3, 0.4) is 0 Å². The SMILES string of the molecule is Cn1ccnc1C(=O)NCc1cccc2[nH]ccc12. The molecule has 0 aliphatic carbocycles. The Labute approximate surface area is 110 Å². The van der Waals surface area contributed by atoms with Crippen molar-refractivity contribution in [3.05, 3.63) is 54.2 Å². The van der Waals surface area contributed by atoms with Crippen LogP contribution < -0.4 is 5.32 Å². The molecular weight excluding hydrogens is 240 g/mol. The van der Waals surface area contributed by atoms with Gasteiger partial charge in [-0.1, -0.05) is 12.1 Å². The van der Waals surface area contributed by atoms with E-state index < -0.39 is 0 Å². The summed E-state index contributed by atoms with van der Waals surface area (Å²) in [6, 6.07) is 8.01. The van der Waals surface area contributed by atoms with Gasteiger partial charge in [-0.15, -0.1) is 0 Å². The maximum absolute atomic E-state index is 12.0. The van der Waals surface area contributed by atoms with Crippen molar-refractivity contribution < 1.29 is 4.79 Å². The van der Waals surface area contributed by atoms with Gasteiger partial charge < -0.3 is 14.9 Å². The Hall–Kier alpha value is -2.56. The molecule has 0 aliphatic rings. The summed E-state index contributed by atoms with van der Waals surface area (Å²) in [5.74, 6) is 0.251. The molecule has 0 bridgehead atoms. The van der Waals surface area contributed by atoms with E-state index in [1.165, 1.54) is 0 Å². The minimum Gasteiger partial charge on any atom is -0.361 e. The number of nitrogens with one attached hydrogen (secondary N) is 2. The standard InChI is InChI=1S/C14H14N4O/c1-18-8-7-16-13(18)14(19)17-9-10-3-2-4-12-11(10)5-6-15-12/h2-8,15H,9H2,1H3,(H,17,19). The minimum atomic E-state index is -0.167. The van der Waals surface area contributed by atoms with Gasteiger partial charge >= 0.3 is 0 Å². The number of benzene rings is 1. The number of carbonyl (C=O) groups is 1. The molecule has 19 heavy (non-hydrogen) atoms. The van der Waals surface area contributed by atoms with E-state index in [1.54, 1.807) is 24.0 Å². The summed E-state index contributed by atoms with van der Waals surface area (Å²) in [7, 11) is 1.80. The molecule has 0 aliphatic heterocycles. The monoisotopic (exact) mass is 254 g/mol. The first-order valence-electron chi connectivity index (χ1n) is 6.06. The second-order valence-corrected chi connectivity index (χ2v) is 4.40. The van der Waals surface area contributed by atoms with E-state index in [9.17, 15) is 4.79 Å². The first kappa shape index (κ1) is 11.5. The minimum absolute atomic E-state index is 0.167. The van der Waals surface area contributed by atoms with Gasteiger partial charge in [-0.05, 0) is 17.7 Å². The van der Waals surface area contributed by atoms with Crippen LogP contribution in [0.25, 0.3) is 10.9 Å². The topological polar surface area (TPSA) is 62.7 Å².